The molecule has 3 aromatic rings. The van der Waals surface area contributed by atoms with Gasteiger partial charge in [-0.2, -0.15) is 13.2 Å². The summed E-state index contributed by atoms with van der Waals surface area (Å²) in [5, 5.41) is 2.32. The number of carbonyl (C=O) groups excluding carboxylic acids is 2. The molecule has 11 heteroatoms. The lowest BCUT2D eigenvalue weighted by atomic mass is 10.0. The monoisotopic (exact) mass is 477 g/mol. The Bertz CT molecular complexity index is 1300. The number of carbonyl (C=O) groups is 2. The maximum absolute atomic E-state index is 14.2. The summed E-state index contributed by atoms with van der Waals surface area (Å²) in [6, 6.07) is 4.96. The van der Waals surface area contributed by atoms with Crippen LogP contribution in [0.4, 0.5) is 18.9 Å². The van der Waals surface area contributed by atoms with E-state index in [1.165, 1.54) is 25.2 Å². The molecule has 172 valence electrons. The standard InChI is InChI=1S/C22H18F3N3O4S/c1-31-14-6-5-10(8-15(14)32-2)12-9-11(22(23,24)25)16-17-18(33-20(16)26-12)21(30)28-7-3-4-13(28)19(29)27-17/h5-6,8-9,13H,3-4,7H2,1-2H3,(H,27,29)/t13-/m1/s1. The summed E-state index contributed by atoms with van der Waals surface area (Å²) in [5.74, 6) is -0.157. The van der Waals surface area contributed by atoms with Crippen molar-refractivity contribution in [3.8, 4) is 22.8 Å². The van der Waals surface area contributed by atoms with Crippen molar-refractivity contribution in [3.63, 3.8) is 0 Å². The summed E-state index contributed by atoms with van der Waals surface area (Å²) in [4.78, 5) is 31.7. The van der Waals surface area contributed by atoms with E-state index in [0.29, 0.717) is 36.4 Å². The molecular formula is C22H18F3N3O4S. The molecule has 2 aliphatic rings. The molecule has 33 heavy (non-hydrogen) atoms. The van der Waals surface area contributed by atoms with Crippen molar-refractivity contribution in [1.82, 2.24) is 9.88 Å². The second kappa shape index (κ2) is 7.62. The number of benzene rings is 1. The number of halogens is 3. The predicted octanol–water partition coefficient (Wildman–Crippen LogP) is 4.56. The van der Waals surface area contributed by atoms with Crippen LogP contribution in [0.2, 0.25) is 0 Å². The highest BCUT2D eigenvalue weighted by Crippen LogP contribution is 2.46. The van der Waals surface area contributed by atoms with Crippen LogP contribution in [0, 0.1) is 0 Å². The van der Waals surface area contributed by atoms with E-state index in [4.69, 9.17) is 9.47 Å². The van der Waals surface area contributed by atoms with Gasteiger partial charge in [0.25, 0.3) is 5.91 Å². The van der Waals surface area contributed by atoms with Gasteiger partial charge in [-0.05, 0) is 37.1 Å². The summed E-state index contributed by atoms with van der Waals surface area (Å²) in [7, 11) is 2.88. The van der Waals surface area contributed by atoms with Gasteiger partial charge in [0, 0.05) is 17.5 Å². The SMILES string of the molecule is COc1ccc(-c2cc(C(F)(F)F)c3c4c(sc3n2)C(=O)N2CCC[C@@H]2C(=O)N4)cc1OC. The van der Waals surface area contributed by atoms with E-state index in [2.05, 4.69) is 10.3 Å². The highest BCUT2D eigenvalue weighted by atomic mass is 32.1. The van der Waals surface area contributed by atoms with Crippen LogP contribution in [-0.4, -0.2) is 48.5 Å². The van der Waals surface area contributed by atoms with Gasteiger partial charge in [0.1, 0.15) is 15.7 Å². The first kappa shape index (κ1) is 21.5. The maximum Gasteiger partial charge on any atom is 0.417 e. The lowest BCUT2D eigenvalue weighted by molar-refractivity contribution is -0.136. The van der Waals surface area contributed by atoms with Crippen molar-refractivity contribution in [2.75, 3.05) is 26.1 Å². The van der Waals surface area contributed by atoms with Crippen molar-refractivity contribution in [2.24, 2.45) is 0 Å². The van der Waals surface area contributed by atoms with E-state index < -0.39 is 29.6 Å². The largest absolute Gasteiger partial charge is 0.493 e. The highest BCUT2D eigenvalue weighted by Gasteiger charge is 2.43. The Morgan fingerprint density at radius 1 is 1.15 bits per heavy atom. The summed E-state index contributed by atoms with van der Waals surface area (Å²) in [6.45, 7) is 0.390. The number of hydrogen-bond acceptors (Lipinski definition) is 6. The zero-order chi connectivity index (χ0) is 23.5. The van der Waals surface area contributed by atoms with Crippen LogP contribution in [0.25, 0.3) is 21.5 Å². The number of amides is 2. The van der Waals surface area contributed by atoms with Crippen LogP contribution in [0.15, 0.2) is 24.3 Å². The van der Waals surface area contributed by atoms with Gasteiger partial charge in [0.15, 0.2) is 11.5 Å². The zero-order valence-corrected chi connectivity index (χ0v) is 18.4. The minimum atomic E-state index is -4.74. The molecule has 1 aromatic carbocycles. The van der Waals surface area contributed by atoms with Crippen molar-refractivity contribution < 1.29 is 32.2 Å². The average molecular weight is 477 g/mol. The Morgan fingerprint density at radius 3 is 2.61 bits per heavy atom. The quantitative estimate of drug-likeness (QED) is 0.599. The summed E-state index contributed by atoms with van der Waals surface area (Å²) >= 11 is 0.856. The van der Waals surface area contributed by atoms with Crippen LogP contribution >= 0.6 is 11.3 Å². The number of thiophene rings is 1. The van der Waals surface area contributed by atoms with Gasteiger partial charge in [-0.3, -0.25) is 9.59 Å². The molecule has 1 atom stereocenters. The summed E-state index contributed by atoms with van der Waals surface area (Å²) < 4.78 is 53.0. The van der Waals surface area contributed by atoms with E-state index in [9.17, 15) is 22.8 Å². The molecule has 1 saturated heterocycles. The molecule has 0 bridgehead atoms. The van der Waals surface area contributed by atoms with Gasteiger partial charge in [0.05, 0.1) is 31.2 Å². The molecule has 2 amide bonds. The normalized spacial score (nSPS) is 18.1. The fourth-order valence-electron chi connectivity index (χ4n) is 4.35. The smallest absolute Gasteiger partial charge is 0.417 e. The third-order valence-electron chi connectivity index (χ3n) is 5.91. The van der Waals surface area contributed by atoms with Crippen LogP contribution < -0.4 is 14.8 Å². The molecule has 0 unspecified atom stereocenters. The van der Waals surface area contributed by atoms with Gasteiger partial charge in [-0.25, -0.2) is 4.98 Å². The molecule has 4 heterocycles. The molecule has 1 fully saturated rings. The lowest BCUT2D eigenvalue weighted by Crippen LogP contribution is -2.40. The van der Waals surface area contributed by atoms with Crippen molar-refractivity contribution in [1.29, 1.82) is 0 Å². The maximum atomic E-state index is 14.2. The number of nitrogens with one attached hydrogen (secondary N) is 1. The number of nitrogens with zero attached hydrogens (tertiary/aromatic N) is 2. The number of fused-ring (bicyclic) bond motifs is 4. The van der Waals surface area contributed by atoms with Crippen LogP contribution in [0.3, 0.4) is 0 Å². The van der Waals surface area contributed by atoms with Crippen LogP contribution in [0.1, 0.15) is 28.1 Å². The Labute approximate surface area is 190 Å². The van der Waals surface area contributed by atoms with Crippen LogP contribution in [-0.2, 0) is 11.0 Å². The number of aromatic nitrogens is 1. The number of rotatable bonds is 3. The number of hydrogen-bond donors (Lipinski definition) is 1. The molecule has 7 nitrogen and oxygen atoms in total. The minimum absolute atomic E-state index is 0.0194. The first-order chi connectivity index (χ1) is 15.7. The molecule has 2 aliphatic heterocycles. The molecule has 2 aromatic heterocycles. The van der Waals surface area contributed by atoms with Crippen molar-refractivity contribution >= 4 is 39.1 Å². The third-order valence-corrected chi connectivity index (χ3v) is 6.98. The number of methoxy groups -OCH3 is 2. The van der Waals surface area contributed by atoms with Crippen molar-refractivity contribution in [3.05, 3.63) is 34.7 Å². The van der Waals surface area contributed by atoms with Gasteiger partial charge < -0.3 is 19.7 Å². The molecule has 0 spiro atoms. The Morgan fingerprint density at radius 2 is 1.91 bits per heavy atom. The van der Waals surface area contributed by atoms with Gasteiger partial charge in [-0.1, -0.05) is 0 Å². The number of ether oxygens (including phenoxy) is 2. The van der Waals surface area contributed by atoms with E-state index in [1.54, 1.807) is 12.1 Å². The lowest BCUT2D eigenvalue weighted by Gasteiger charge is -2.19. The fourth-order valence-corrected chi connectivity index (χ4v) is 5.47. The molecule has 5 rings (SSSR count). The molecule has 0 aliphatic carbocycles. The van der Waals surface area contributed by atoms with Gasteiger partial charge in [0.2, 0.25) is 5.91 Å². The molecule has 1 N–H and O–H groups in total. The zero-order valence-electron chi connectivity index (χ0n) is 17.6. The summed E-state index contributed by atoms with van der Waals surface area (Å²) in [6.07, 6.45) is -3.59. The van der Waals surface area contributed by atoms with E-state index in [0.717, 1.165) is 17.4 Å². The first-order valence-electron chi connectivity index (χ1n) is 10.1. The fraction of sp³-hybridized carbons (Fsp3) is 0.318. The number of anilines is 1. The third kappa shape index (κ3) is 3.38. The number of pyridine rings is 1. The topological polar surface area (TPSA) is 80.8 Å². The van der Waals surface area contributed by atoms with Crippen LogP contribution in [0.5, 0.6) is 11.5 Å². The Kier molecular flexibility index (Phi) is 4.96. The molecule has 0 saturated carbocycles. The second-order valence-corrected chi connectivity index (χ2v) is 8.75. The van der Waals surface area contributed by atoms with E-state index in [-0.39, 0.29) is 26.5 Å². The predicted molar refractivity (Wildman–Crippen MR) is 116 cm³/mol. The Hall–Kier alpha value is -3.34. The number of alkyl halides is 3. The highest BCUT2D eigenvalue weighted by molar-refractivity contribution is 7.21. The van der Waals surface area contributed by atoms with E-state index in [1.807, 2.05) is 0 Å². The average Bonchev–Trinajstić information content (AvgIpc) is 3.40. The van der Waals surface area contributed by atoms with Gasteiger partial charge >= 0.3 is 6.18 Å². The minimum Gasteiger partial charge on any atom is -0.493 e. The Balaban J connectivity index is 1.74. The molecular weight excluding hydrogens is 459 g/mol. The second-order valence-electron chi connectivity index (χ2n) is 7.75. The van der Waals surface area contributed by atoms with Gasteiger partial charge in [-0.15, -0.1) is 11.3 Å². The summed E-state index contributed by atoms with van der Waals surface area (Å²) in [5.41, 5.74) is -0.633. The first-order valence-corrected chi connectivity index (χ1v) is 10.9. The van der Waals surface area contributed by atoms with Crippen molar-refractivity contribution in [2.45, 2.75) is 25.1 Å². The van der Waals surface area contributed by atoms with E-state index >= 15 is 0 Å². The molecule has 0 radical (unpaired) electrons.